The number of nitrogens with zero attached hydrogens (tertiary/aromatic N) is 1. The van der Waals surface area contributed by atoms with E-state index in [4.69, 9.17) is 5.73 Å². The predicted octanol–water partition coefficient (Wildman–Crippen LogP) is 1.63. The van der Waals surface area contributed by atoms with Crippen LogP contribution in [0.1, 0.15) is 39.7 Å². The molecule has 1 aromatic carbocycles. The number of hydrogen-bond donors (Lipinski definition) is 3. The van der Waals surface area contributed by atoms with Crippen LogP contribution in [0.3, 0.4) is 0 Å². The van der Waals surface area contributed by atoms with Crippen molar-refractivity contribution in [2.45, 2.75) is 26.0 Å². The molecule has 0 spiro atoms. The van der Waals surface area contributed by atoms with Gasteiger partial charge in [0.15, 0.2) is 0 Å². The van der Waals surface area contributed by atoms with Gasteiger partial charge in [0.05, 0.1) is 11.1 Å². The average Bonchev–Trinajstić information content (AvgIpc) is 2.94. The third-order valence-electron chi connectivity index (χ3n) is 3.06. The van der Waals surface area contributed by atoms with Crippen molar-refractivity contribution in [3.8, 4) is 0 Å². The minimum absolute atomic E-state index is 0.186. The molecule has 1 amide bonds. The lowest BCUT2D eigenvalue weighted by Gasteiger charge is -2.07. The van der Waals surface area contributed by atoms with Crippen LogP contribution in [0.15, 0.2) is 29.6 Å². The van der Waals surface area contributed by atoms with Crippen LogP contribution in [0.2, 0.25) is 0 Å². The summed E-state index contributed by atoms with van der Waals surface area (Å²) in [6, 6.07) is 7.50. The first-order valence-electron chi connectivity index (χ1n) is 6.79. The number of aromatic nitrogens is 1. The highest BCUT2D eigenvalue weighted by Gasteiger charge is 2.10. The molecule has 2 aromatic rings. The number of benzene rings is 1. The van der Waals surface area contributed by atoms with Crippen LogP contribution >= 0.6 is 11.3 Å². The van der Waals surface area contributed by atoms with Crippen LogP contribution in [-0.2, 0) is 13.0 Å². The lowest BCUT2D eigenvalue weighted by atomic mass is 10.1. The first-order chi connectivity index (χ1) is 10.1. The van der Waals surface area contributed by atoms with Gasteiger partial charge in [0, 0.05) is 18.3 Å². The van der Waals surface area contributed by atoms with E-state index in [0.717, 1.165) is 16.1 Å². The van der Waals surface area contributed by atoms with Crippen LogP contribution in [0, 0.1) is 0 Å². The zero-order valence-corrected chi connectivity index (χ0v) is 12.7. The Morgan fingerprint density at radius 2 is 2.14 bits per heavy atom. The Labute approximate surface area is 127 Å². The van der Waals surface area contributed by atoms with E-state index < -0.39 is 6.10 Å². The third-order valence-corrected chi connectivity index (χ3v) is 3.97. The summed E-state index contributed by atoms with van der Waals surface area (Å²) < 4.78 is 0. The van der Waals surface area contributed by atoms with Crippen molar-refractivity contribution in [2.75, 3.05) is 6.54 Å². The van der Waals surface area contributed by atoms with Crippen molar-refractivity contribution < 1.29 is 9.90 Å². The zero-order valence-electron chi connectivity index (χ0n) is 11.9. The van der Waals surface area contributed by atoms with Crippen molar-refractivity contribution in [3.63, 3.8) is 0 Å². The Morgan fingerprint density at radius 3 is 2.76 bits per heavy atom. The first kappa shape index (κ1) is 15.6. The lowest BCUT2D eigenvalue weighted by Crippen LogP contribution is -2.23. The number of nitrogens with two attached hydrogens (primary N) is 1. The van der Waals surface area contributed by atoms with E-state index in [9.17, 15) is 9.90 Å². The van der Waals surface area contributed by atoms with Crippen LogP contribution in [0.5, 0.6) is 0 Å². The predicted molar refractivity (Wildman–Crippen MR) is 83.1 cm³/mol. The Kier molecular flexibility index (Phi) is 5.44. The van der Waals surface area contributed by atoms with Crippen LogP contribution in [-0.4, -0.2) is 22.5 Å². The summed E-state index contributed by atoms with van der Waals surface area (Å²) in [6.07, 6.45) is 0.211. The fraction of sp³-hybridized carbons (Fsp3) is 0.333. The molecule has 0 aliphatic carbocycles. The minimum atomic E-state index is -0.482. The first-order valence-corrected chi connectivity index (χ1v) is 7.67. The Morgan fingerprint density at radius 1 is 1.43 bits per heavy atom. The lowest BCUT2D eigenvalue weighted by molar-refractivity contribution is 0.0946. The largest absolute Gasteiger partial charge is 0.389 e. The van der Waals surface area contributed by atoms with Gasteiger partial charge in [-0.05, 0) is 24.6 Å². The molecular formula is C15H19N3O2S. The summed E-state index contributed by atoms with van der Waals surface area (Å²) in [5.41, 5.74) is 7.73. The van der Waals surface area contributed by atoms with Gasteiger partial charge < -0.3 is 16.2 Å². The third kappa shape index (κ3) is 4.35. The Balaban J connectivity index is 1.90. The van der Waals surface area contributed by atoms with Crippen molar-refractivity contribution in [1.82, 2.24) is 10.3 Å². The van der Waals surface area contributed by atoms with Crippen molar-refractivity contribution in [2.24, 2.45) is 5.73 Å². The average molecular weight is 305 g/mol. The molecule has 0 aliphatic rings. The summed E-state index contributed by atoms with van der Waals surface area (Å²) in [5, 5.41) is 14.9. The van der Waals surface area contributed by atoms with Gasteiger partial charge in [-0.3, -0.25) is 4.79 Å². The molecule has 0 saturated heterocycles. The summed E-state index contributed by atoms with van der Waals surface area (Å²) in [4.78, 5) is 16.2. The maximum Gasteiger partial charge on any atom is 0.271 e. The topological polar surface area (TPSA) is 88.2 Å². The highest BCUT2D eigenvalue weighted by molar-refractivity contribution is 7.09. The second kappa shape index (κ2) is 7.31. The number of hydrogen-bond acceptors (Lipinski definition) is 5. The molecule has 1 aromatic heterocycles. The van der Waals surface area contributed by atoms with Gasteiger partial charge >= 0.3 is 0 Å². The Hall–Kier alpha value is -1.76. The van der Waals surface area contributed by atoms with Crippen molar-refractivity contribution in [1.29, 1.82) is 0 Å². The van der Waals surface area contributed by atoms with E-state index in [1.165, 1.54) is 11.3 Å². The number of carbonyl (C=O) groups excluding carboxylic acids is 1. The smallest absolute Gasteiger partial charge is 0.271 e. The molecule has 4 N–H and O–H groups in total. The van der Waals surface area contributed by atoms with Gasteiger partial charge in [-0.1, -0.05) is 24.3 Å². The second-order valence-corrected chi connectivity index (χ2v) is 5.71. The number of amides is 1. The molecule has 1 unspecified atom stereocenters. The summed E-state index contributed by atoms with van der Waals surface area (Å²) >= 11 is 1.45. The van der Waals surface area contributed by atoms with Gasteiger partial charge in [-0.2, -0.15) is 0 Å². The number of thiazole rings is 1. The SMILES string of the molecule is CC(O)c1ccc(CNC(=O)c2csc(CCN)n2)cc1. The molecule has 2 rings (SSSR count). The molecule has 5 nitrogen and oxygen atoms in total. The Bertz CT molecular complexity index is 593. The highest BCUT2D eigenvalue weighted by Crippen LogP contribution is 2.13. The fourth-order valence-electron chi connectivity index (χ4n) is 1.84. The van der Waals surface area contributed by atoms with E-state index >= 15 is 0 Å². The maximum absolute atomic E-state index is 12.0. The number of aliphatic hydroxyl groups excluding tert-OH is 1. The molecular weight excluding hydrogens is 286 g/mol. The minimum Gasteiger partial charge on any atom is -0.389 e. The number of carbonyl (C=O) groups is 1. The van der Waals surface area contributed by atoms with Gasteiger partial charge in [0.2, 0.25) is 0 Å². The van der Waals surface area contributed by atoms with Gasteiger partial charge in [-0.15, -0.1) is 11.3 Å². The van der Waals surface area contributed by atoms with Gasteiger partial charge in [0.25, 0.3) is 5.91 Å². The van der Waals surface area contributed by atoms with E-state index in [1.807, 2.05) is 24.3 Å². The van der Waals surface area contributed by atoms with E-state index in [-0.39, 0.29) is 5.91 Å². The maximum atomic E-state index is 12.0. The number of rotatable bonds is 6. The number of aliphatic hydroxyl groups is 1. The molecule has 6 heteroatoms. The molecule has 0 saturated carbocycles. The number of nitrogens with one attached hydrogen (secondary N) is 1. The summed E-state index contributed by atoms with van der Waals surface area (Å²) in [6.45, 7) is 2.69. The second-order valence-electron chi connectivity index (χ2n) is 4.77. The van der Waals surface area contributed by atoms with Crippen LogP contribution < -0.4 is 11.1 Å². The van der Waals surface area contributed by atoms with Crippen molar-refractivity contribution in [3.05, 3.63) is 51.5 Å². The molecule has 21 heavy (non-hydrogen) atoms. The standard InChI is InChI=1S/C15H19N3O2S/c1-10(19)12-4-2-11(3-5-12)8-17-15(20)13-9-21-14(18-13)6-7-16/h2-5,9-10,19H,6-8,16H2,1H3,(H,17,20). The zero-order chi connectivity index (χ0) is 15.2. The molecule has 0 radical (unpaired) electrons. The molecule has 0 aliphatic heterocycles. The molecule has 1 atom stereocenters. The molecule has 0 bridgehead atoms. The van der Waals surface area contributed by atoms with Crippen LogP contribution in [0.25, 0.3) is 0 Å². The van der Waals surface area contributed by atoms with Gasteiger partial charge in [0.1, 0.15) is 5.69 Å². The molecule has 1 heterocycles. The van der Waals surface area contributed by atoms with Gasteiger partial charge in [-0.25, -0.2) is 4.98 Å². The highest BCUT2D eigenvalue weighted by atomic mass is 32.1. The fourth-order valence-corrected chi connectivity index (χ4v) is 2.63. The quantitative estimate of drug-likeness (QED) is 0.757. The van der Waals surface area contributed by atoms with Crippen LogP contribution in [0.4, 0.5) is 0 Å². The van der Waals surface area contributed by atoms with E-state index in [2.05, 4.69) is 10.3 Å². The normalized spacial score (nSPS) is 12.1. The monoisotopic (exact) mass is 305 g/mol. The molecule has 0 fully saturated rings. The summed E-state index contributed by atoms with van der Waals surface area (Å²) in [5.74, 6) is -0.186. The summed E-state index contributed by atoms with van der Waals surface area (Å²) in [7, 11) is 0. The van der Waals surface area contributed by atoms with Crippen molar-refractivity contribution >= 4 is 17.2 Å². The van der Waals surface area contributed by atoms with E-state index in [1.54, 1.807) is 12.3 Å². The van der Waals surface area contributed by atoms with E-state index in [0.29, 0.717) is 25.2 Å². The molecule has 112 valence electrons.